The summed E-state index contributed by atoms with van der Waals surface area (Å²) in [5.74, 6) is 1.05. The smallest absolute Gasteiger partial charge is 0.309 e. The van der Waals surface area contributed by atoms with E-state index < -0.39 is 0 Å². The van der Waals surface area contributed by atoms with Crippen molar-refractivity contribution in [1.82, 2.24) is 0 Å². The highest BCUT2D eigenvalue weighted by atomic mass is 16.5. The van der Waals surface area contributed by atoms with E-state index in [0.29, 0.717) is 6.10 Å². The van der Waals surface area contributed by atoms with Gasteiger partial charge in [0.2, 0.25) is 0 Å². The summed E-state index contributed by atoms with van der Waals surface area (Å²) >= 11 is 0. The Morgan fingerprint density at radius 2 is 1.55 bits per heavy atom. The van der Waals surface area contributed by atoms with Gasteiger partial charge < -0.3 is 9.47 Å². The molecular formula is C19H34O3. The maximum atomic E-state index is 12.3. The van der Waals surface area contributed by atoms with Crippen LogP contribution in [0.4, 0.5) is 0 Å². The van der Waals surface area contributed by atoms with E-state index in [1.54, 1.807) is 7.11 Å². The molecule has 0 radical (unpaired) electrons. The van der Waals surface area contributed by atoms with Gasteiger partial charge in [-0.3, -0.25) is 4.79 Å². The van der Waals surface area contributed by atoms with E-state index in [-0.39, 0.29) is 18.0 Å². The van der Waals surface area contributed by atoms with Crippen molar-refractivity contribution in [2.45, 2.75) is 96.2 Å². The fourth-order valence-electron chi connectivity index (χ4n) is 4.02. The van der Waals surface area contributed by atoms with Crippen molar-refractivity contribution < 1.29 is 14.3 Å². The molecule has 0 heterocycles. The molecule has 0 saturated heterocycles. The van der Waals surface area contributed by atoms with Crippen molar-refractivity contribution in [3.05, 3.63) is 0 Å². The molecule has 2 aliphatic carbocycles. The van der Waals surface area contributed by atoms with Gasteiger partial charge in [-0.25, -0.2) is 0 Å². The van der Waals surface area contributed by atoms with Gasteiger partial charge in [0.25, 0.3) is 0 Å². The molecule has 22 heavy (non-hydrogen) atoms. The third kappa shape index (κ3) is 5.57. The van der Waals surface area contributed by atoms with Crippen LogP contribution in [0.1, 0.15) is 84.0 Å². The minimum atomic E-state index is 0.0592. The molecule has 0 N–H and O–H groups in total. The fourth-order valence-corrected chi connectivity index (χ4v) is 4.02. The highest BCUT2D eigenvalue weighted by Crippen LogP contribution is 2.32. The molecule has 2 fully saturated rings. The minimum absolute atomic E-state index is 0.0592. The Bertz CT molecular complexity index is 313. The van der Waals surface area contributed by atoms with Gasteiger partial charge in [0.15, 0.2) is 0 Å². The topological polar surface area (TPSA) is 35.5 Å². The Balaban J connectivity index is 1.62. The molecule has 2 saturated carbocycles. The first-order valence-corrected chi connectivity index (χ1v) is 9.46. The normalized spacial score (nSPS) is 32.6. The van der Waals surface area contributed by atoms with Crippen molar-refractivity contribution in [2.24, 2.45) is 11.8 Å². The maximum Gasteiger partial charge on any atom is 0.309 e. The lowest BCUT2D eigenvalue weighted by Crippen LogP contribution is -2.31. The second-order valence-electron chi connectivity index (χ2n) is 7.28. The summed E-state index contributed by atoms with van der Waals surface area (Å²) in [5.41, 5.74) is 0. The van der Waals surface area contributed by atoms with Gasteiger partial charge in [0.05, 0.1) is 12.0 Å². The van der Waals surface area contributed by atoms with Crippen LogP contribution in [0.2, 0.25) is 0 Å². The number of hydrogen-bond acceptors (Lipinski definition) is 3. The number of hydrogen-bond donors (Lipinski definition) is 0. The Labute approximate surface area is 136 Å². The standard InChI is InChI=1S/C19H34O3/c1-3-4-5-6-15-7-11-18(12-8-15)22-19(20)16-9-13-17(21-2)14-10-16/h15-18H,3-14H2,1-2H3. The first-order chi connectivity index (χ1) is 10.7. The third-order valence-electron chi connectivity index (χ3n) is 5.63. The number of carbonyl (C=O) groups excluding carboxylic acids is 1. The Hall–Kier alpha value is -0.570. The average Bonchev–Trinajstić information content (AvgIpc) is 2.57. The van der Waals surface area contributed by atoms with Gasteiger partial charge in [-0.15, -0.1) is 0 Å². The maximum absolute atomic E-state index is 12.3. The molecule has 0 unspecified atom stereocenters. The lowest BCUT2D eigenvalue weighted by Gasteiger charge is -2.31. The van der Waals surface area contributed by atoms with E-state index >= 15 is 0 Å². The Morgan fingerprint density at radius 3 is 2.14 bits per heavy atom. The average molecular weight is 310 g/mol. The molecule has 0 spiro atoms. The number of methoxy groups -OCH3 is 1. The zero-order valence-electron chi connectivity index (χ0n) is 14.5. The van der Waals surface area contributed by atoms with Crippen LogP contribution in [0, 0.1) is 11.8 Å². The van der Waals surface area contributed by atoms with Gasteiger partial charge in [0.1, 0.15) is 6.10 Å². The van der Waals surface area contributed by atoms with Crippen molar-refractivity contribution in [3.8, 4) is 0 Å². The predicted molar refractivity (Wildman–Crippen MR) is 88.7 cm³/mol. The lowest BCUT2D eigenvalue weighted by molar-refractivity contribution is -0.158. The number of ether oxygens (including phenoxy) is 2. The third-order valence-corrected chi connectivity index (χ3v) is 5.63. The molecule has 0 aromatic carbocycles. The number of unbranched alkanes of at least 4 members (excludes halogenated alkanes) is 2. The molecule has 0 amide bonds. The van der Waals surface area contributed by atoms with Crippen LogP contribution in [0.25, 0.3) is 0 Å². The predicted octanol–water partition coefficient (Wildman–Crippen LogP) is 4.87. The van der Waals surface area contributed by atoms with Crippen molar-refractivity contribution >= 4 is 5.97 Å². The number of carbonyl (C=O) groups is 1. The second kappa shape index (κ2) is 9.54. The monoisotopic (exact) mass is 310 g/mol. The molecule has 0 bridgehead atoms. The molecule has 2 aliphatic rings. The summed E-state index contributed by atoms with van der Waals surface area (Å²) in [6, 6.07) is 0. The summed E-state index contributed by atoms with van der Waals surface area (Å²) in [5, 5.41) is 0. The molecule has 0 atom stereocenters. The molecular weight excluding hydrogens is 276 g/mol. The van der Waals surface area contributed by atoms with Gasteiger partial charge in [0, 0.05) is 7.11 Å². The Kier molecular flexibility index (Phi) is 7.71. The second-order valence-corrected chi connectivity index (χ2v) is 7.28. The van der Waals surface area contributed by atoms with Crippen LogP contribution < -0.4 is 0 Å². The van der Waals surface area contributed by atoms with E-state index in [2.05, 4.69) is 6.92 Å². The van der Waals surface area contributed by atoms with E-state index in [0.717, 1.165) is 44.4 Å². The fraction of sp³-hybridized carbons (Fsp3) is 0.947. The van der Waals surface area contributed by atoms with Crippen LogP contribution in [-0.2, 0) is 14.3 Å². The van der Waals surface area contributed by atoms with Gasteiger partial charge in [-0.2, -0.15) is 0 Å². The molecule has 3 nitrogen and oxygen atoms in total. The van der Waals surface area contributed by atoms with Gasteiger partial charge in [-0.05, 0) is 57.3 Å². The summed E-state index contributed by atoms with van der Waals surface area (Å²) in [6.45, 7) is 2.26. The highest BCUT2D eigenvalue weighted by Gasteiger charge is 2.30. The lowest BCUT2D eigenvalue weighted by atomic mass is 9.83. The van der Waals surface area contributed by atoms with Crippen molar-refractivity contribution in [2.75, 3.05) is 7.11 Å². The quantitative estimate of drug-likeness (QED) is 0.497. The van der Waals surface area contributed by atoms with Crippen LogP contribution in [0.3, 0.4) is 0 Å². The molecule has 0 aromatic rings. The summed E-state index contributed by atoms with van der Waals surface area (Å²) in [6.07, 6.45) is 14.5. The molecule has 2 rings (SSSR count). The van der Waals surface area contributed by atoms with Crippen LogP contribution in [0.5, 0.6) is 0 Å². The van der Waals surface area contributed by atoms with Crippen LogP contribution in [-0.4, -0.2) is 25.3 Å². The first-order valence-electron chi connectivity index (χ1n) is 9.46. The van der Waals surface area contributed by atoms with Gasteiger partial charge in [-0.1, -0.05) is 32.6 Å². The van der Waals surface area contributed by atoms with E-state index in [1.807, 2.05) is 0 Å². The van der Waals surface area contributed by atoms with Crippen molar-refractivity contribution in [1.29, 1.82) is 0 Å². The van der Waals surface area contributed by atoms with Crippen LogP contribution in [0.15, 0.2) is 0 Å². The zero-order chi connectivity index (χ0) is 15.8. The van der Waals surface area contributed by atoms with E-state index in [1.165, 1.54) is 38.5 Å². The summed E-state index contributed by atoms with van der Waals surface area (Å²) < 4.78 is 11.2. The zero-order valence-corrected chi connectivity index (χ0v) is 14.5. The SMILES string of the molecule is CCCCCC1CCC(OC(=O)C2CCC(OC)CC2)CC1. The largest absolute Gasteiger partial charge is 0.462 e. The summed E-state index contributed by atoms with van der Waals surface area (Å²) in [4.78, 5) is 12.3. The number of esters is 1. The van der Waals surface area contributed by atoms with Gasteiger partial charge >= 0.3 is 5.97 Å². The molecule has 0 aliphatic heterocycles. The number of rotatable bonds is 7. The minimum Gasteiger partial charge on any atom is -0.462 e. The van der Waals surface area contributed by atoms with E-state index in [4.69, 9.17) is 9.47 Å². The summed E-state index contributed by atoms with van der Waals surface area (Å²) in [7, 11) is 1.77. The molecule has 128 valence electrons. The highest BCUT2D eigenvalue weighted by molar-refractivity contribution is 5.72. The Morgan fingerprint density at radius 1 is 0.909 bits per heavy atom. The molecule has 0 aromatic heterocycles. The molecule has 3 heteroatoms. The first kappa shape index (κ1) is 17.8. The van der Waals surface area contributed by atoms with E-state index in [9.17, 15) is 4.79 Å². The van der Waals surface area contributed by atoms with Crippen molar-refractivity contribution in [3.63, 3.8) is 0 Å². The van der Waals surface area contributed by atoms with Crippen LogP contribution >= 0.6 is 0 Å².